The van der Waals surface area contributed by atoms with Crippen molar-refractivity contribution in [3.05, 3.63) is 30.1 Å². The van der Waals surface area contributed by atoms with Gasteiger partial charge in [-0.3, -0.25) is 9.88 Å². The molecule has 0 aromatic carbocycles. The Morgan fingerprint density at radius 2 is 2.20 bits per heavy atom. The van der Waals surface area contributed by atoms with Gasteiger partial charge in [0.15, 0.2) is 0 Å². The highest BCUT2D eigenvalue weighted by molar-refractivity contribution is 5.12. The Balaban J connectivity index is 2.65. The van der Waals surface area contributed by atoms with Crippen LogP contribution in [-0.2, 0) is 0 Å². The molecule has 3 nitrogen and oxygen atoms in total. The Hall–Kier alpha value is -0.930. The molecule has 0 bridgehead atoms. The van der Waals surface area contributed by atoms with Crippen molar-refractivity contribution < 1.29 is 5.11 Å². The molecule has 15 heavy (non-hydrogen) atoms. The van der Waals surface area contributed by atoms with Gasteiger partial charge in [0, 0.05) is 25.0 Å². The van der Waals surface area contributed by atoms with E-state index in [9.17, 15) is 5.11 Å². The van der Waals surface area contributed by atoms with Crippen LogP contribution in [0.5, 0.6) is 0 Å². The summed E-state index contributed by atoms with van der Waals surface area (Å²) in [5.74, 6) is 0. The molecule has 0 aliphatic carbocycles. The monoisotopic (exact) mass is 208 g/mol. The molecule has 1 aromatic heterocycles. The molecule has 0 radical (unpaired) electrons. The molecule has 0 spiro atoms. The quantitative estimate of drug-likeness (QED) is 0.820. The normalized spacial score (nSPS) is 14.3. The van der Waals surface area contributed by atoms with Crippen LogP contribution in [0.2, 0.25) is 0 Å². The Morgan fingerprint density at radius 1 is 1.53 bits per heavy atom. The minimum Gasteiger partial charge on any atom is -0.389 e. The largest absolute Gasteiger partial charge is 0.389 e. The molecule has 0 amide bonds. The summed E-state index contributed by atoms with van der Waals surface area (Å²) in [6.45, 7) is 6.39. The number of aliphatic hydroxyl groups is 1. The van der Waals surface area contributed by atoms with Gasteiger partial charge in [0.25, 0.3) is 0 Å². The van der Waals surface area contributed by atoms with Crippen LogP contribution in [0, 0.1) is 0 Å². The van der Waals surface area contributed by atoms with Crippen LogP contribution in [-0.4, -0.2) is 34.2 Å². The van der Waals surface area contributed by atoms with E-state index in [-0.39, 0.29) is 6.04 Å². The molecular weight excluding hydrogens is 188 g/mol. The van der Waals surface area contributed by atoms with Gasteiger partial charge in [-0.25, -0.2) is 0 Å². The number of pyridine rings is 1. The number of aromatic nitrogens is 1. The lowest BCUT2D eigenvalue weighted by atomic mass is 10.1. The molecule has 0 fully saturated rings. The van der Waals surface area contributed by atoms with Crippen molar-refractivity contribution in [2.45, 2.75) is 32.4 Å². The first-order valence-corrected chi connectivity index (χ1v) is 5.23. The summed E-state index contributed by atoms with van der Waals surface area (Å²) in [7, 11) is 2.01. The summed E-state index contributed by atoms with van der Waals surface area (Å²) in [6, 6.07) is 4.26. The minimum atomic E-state index is -0.661. The predicted octanol–water partition coefficient (Wildman–Crippen LogP) is 1.85. The third-order valence-corrected chi connectivity index (χ3v) is 2.46. The summed E-state index contributed by atoms with van der Waals surface area (Å²) in [5.41, 5.74) is 0.509. The van der Waals surface area contributed by atoms with E-state index in [1.165, 1.54) is 5.56 Å². The van der Waals surface area contributed by atoms with Crippen molar-refractivity contribution in [3.63, 3.8) is 0 Å². The van der Waals surface area contributed by atoms with E-state index in [1.807, 2.05) is 33.2 Å². The van der Waals surface area contributed by atoms with Crippen molar-refractivity contribution in [1.29, 1.82) is 0 Å². The van der Waals surface area contributed by atoms with Crippen LogP contribution in [0.3, 0.4) is 0 Å². The highest BCUT2D eigenvalue weighted by atomic mass is 16.3. The maximum absolute atomic E-state index is 9.73. The summed E-state index contributed by atoms with van der Waals surface area (Å²) in [4.78, 5) is 6.22. The highest BCUT2D eigenvalue weighted by Crippen LogP contribution is 2.19. The first-order chi connectivity index (χ1) is 6.90. The molecule has 3 heteroatoms. The maximum atomic E-state index is 9.73. The lowest BCUT2D eigenvalue weighted by Crippen LogP contribution is -2.37. The zero-order valence-corrected chi connectivity index (χ0v) is 9.94. The van der Waals surface area contributed by atoms with Gasteiger partial charge in [-0.15, -0.1) is 0 Å². The second-order valence-electron chi connectivity index (χ2n) is 4.69. The van der Waals surface area contributed by atoms with Gasteiger partial charge >= 0.3 is 0 Å². The molecule has 0 aliphatic heterocycles. The van der Waals surface area contributed by atoms with Gasteiger partial charge in [-0.05, 0) is 39.4 Å². The van der Waals surface area contributed by atoms with Gasteiger partial charge in [0.1, 0.15) is 0 Å². The second-order valence-corrected chi connectivity index (χ2v) is 4.69. The molecule has 1 rings (SSSR count). The standard InChI is InChI=1S/C12H20N2O/c1-10(11-6-5-7-13-8-11)14(4)9-12(2,3)15/h5-8,10,15H,9H2,1-4H3. The second kappa shape index (κ2) is 4.73. The van der Waals surface area contributed by atoms with Crippen molar-refractivity contribution in [3.8, 4) is 0 Å². The SMILES string of the molecule is CC(c1cccnc1)N(C)CC(C)(C)O. The van der Waals surface area contributed by atoms with E-state index in [4.69, 9.17) is 0 Å². The maximum Gasteiger partial charge on any atom is 0.0718 e. The first kappa shape index (κ1) is 12.1. The highest BCUT2D eigenvalue weighted by Gasteiger charge is 2.19. The summed E-state index contributed by atoms with van der Waals surface area (Å²) < 4.78 is 0. The van der Waals surface area contributed by atoms with E-state index >= 15 is 0 Å². The third-order valence-electron chi connectivity index (χ3n) is 2.46. The molecule has 0 saturated carbocycles. The summed E-state index contributed by atoms with van der Waals surface area (Å²) in [6.07, 6.45) is 3.64. The molecule has 1 heterocycles. The molecular formula is C12H20N2O. The zero-order chi connectivity index (χ0) is 11.5. The molecule has 0 aliphatic rings. The van der Waals surface area contributed by atoms with E-state index < -0.39 is 5.60 Å². The Morgan fingerprint density at radius 3 is 2.67 bits per heavy atom. The fourth-order valence-corrected chi connectivity index (χ4v) is 1.62. The Kier molecular flexibility index (Phi) is 3.83. The van der Waals surface area contributed by atoms with E-state index in [0.29, 0.717) is 6.54 Å². The fourth-order valence-electron chi connectivity index (χ4n) is 1.62. The van der Waals surface area contributed by atoms with Gasteiger partial charge in [-0.2, -0.15) is 0 Å². The molecule has 1 N–H and O–H groups in total. The van der Waals surface area contributed by atoms with Crippen LogP contribution in [0.25, 0.3) is 0 Å². The van der Waals surface area contributed by atoms with Crippen LogP contribution < -0.4 is 0 Å². The smallest absolute Gasteiger partial charge is 0.0718 e. The van der Waals surface area contributed by atoms with Crippen molar-refractivity contribution >= 4 is 0 Å². The van der Waals surface area contributed by atoms with Gasteiger partial charge in [0.05, 0.1) is 5.60 Å². The molecule has 1 unspecified atom stereocenters. The number of rotatable bonds is 4. The molecule has 0 saturated heterocycles. The van der Waals surface area contributed by atoms with Crippen LogP contribution >= 0.6 is 0 Å². The van der Waals surface area contributed by atoms with Crippen LogP contribution in [0.4, 0.5) is 0 Å². The number of nitrogens with zero attached hydrogens (tertiary/aromatic N) is 2. The number of hydrogen-bond acceptors (Lipinski definition) is 3. The van der Waals surface area contributed by atoms with Gasteiger partial charge in [-0.1, -0.05) is 6.07 Å². The van der Waals surface area contributed by atoms with Crippen LogP contribution in [0.1, 0.15) is 32.4 Å². The molecule has 1 aromatic rings. The van der Waals surface area contributed by atoms with E-state index in [0.717, 1.165) is 0 Å². The van der Waals surface area contributed by atoms with Gasteiger partial charge < -0.3 is 5.11 Å². The van der Waals surface area contributed by atoms with Crippen molar-refractivity contribution in [2.75, 3.05) is 13.6 Å². The lowest BCUT2D eigenvalue weighted by molar-refractivity contribution is 0.0333. The van der Waals surface area contributed by atoms with Crippen molar-refractivity contribution in [2.24, 2.45) is 0 Å². The summed E-state index contributed by atoms with van der Waals surface area (Å²) in [5, 5.41) is 9.73. The lowest BCUT2D eigenvalue weighted by Gasteiger charge is -2.30. The minimum absolute atomic E-state index is 0.269. The van der Waals surface area contributed by atoms with E-state index in [2.05, 4.69) is 22.9 Å². The predicted molar refractivity (Wildman–Crippen MR) is 61.6 cm³/mol. The molecule has 84 valence electrons. The Bertz CT molecular complexity index is 292. The first-order valence-electron chi connectivity index (χ1n) is 5.23. The number of likely N-dealkylation sites (N-methyl/N-ethyl adjacent to an activating group) is 1. The third kappa shape index (κ3) is 3.98. The van der Waals surface area contributed by atoms with Gasteiger partial charge in [0.2, 0.25) is 0 Å². The topological polar surface area (TPSA) is 36.4 Å². The van der Waals surface area contributed by atoms with E-state index in [1.54, 1.807) is 6.20 Å². The Labute approximate surface area is 91.8 Å². The summed E-state index contributed by atoms with van der Waals surface area (Å²) >= 11 is 0. The zero-order valence-electron chi connectivity index (χ0n) is 9.94. The fraction of sp³-hybridized carbons (Fsp3) is 0.583. The van der Waals surface area contributed by atoms with Crippen LogP contribution in [0.15, 0.2) is 24.5 Å². The average Bonchev–Trinajstić information content (AvgIpc) is 2.15. The molecule has 1 atom stereocenters. The average molecular weight is 208 g/mol. The van der Waals surface area contributed by atoms with Crippen molar-refractivity contribution in [1.82, 2.24) is 9.88 Å². The number of hydrogen-bond donors (Lipinski definition) is 1.